The molecule has 1 fully saturated rings. The summed E-state index contributed by atoms with van der Waals surface area (Å²) in [5, 5.41) is 2.46. The summed E-state index contributed by atoms with van der Waals surface area (Å²) in [4.78, 5) is 48.9. The zero-order valence-electron chi connectivity index (χ0n) is 17.2. The van der Waals surface area contributed by atoms with Gasteiger partial charge in [0, 0.05) is 38.6 Å². The van der Waals surface area contributed by atoms with Crippen molar-refractivity contribution in [3.8, 4) is 0 Å². The molecule has 8 nitrogen and oxygen atoms in total. The van der Waals surface area contributed by atoms with Crippen molar-refractivity contribution in [1.82, 2.24) is 25.1 Å². The van der Waals surface area contributed by atoms with Gasteiger partial charge in [0.2, 0.25) is 5.91 Å². The van der Waals surface area contributed by atoms with Gasteiger partial charge in [-0.3, -0.25) is 19.4 Å². The lowest BCUT2D eigenvalue weighted by molar-refractivity contribution is -0.135. The topological polar surface area (TPSA) is 95.5 Å². The van der Waals surface area contributed by atoms with E-state index in [1.807, 2.05) is 0 Å². The molecule has 1 aliphatic rings. The molecular weight excluding hydrogens is 408 g/mol. The van der Waals surface area contributed by atoms with Crippen molar-refractivity contribution in [2.45, 2.75) is 19.9 Å². The van der Waals surface area contributed by atoms with Crippen LogP contribution in [0.5, 0.6) is 0 Å². The van der Waals surface area contributed by atoms with Gasteiger partial charge in [0.05, 0.1) is 6.20 Å². The minimum atomic E-state index is -0.997. The Bertz CT molecular complexity index is 942. The second-order valence-corrected chi connectivity index (χ2v) is 7.50. The molecule has 3 rings (SSSR count). The summed E-state index contributed by atoms with van der Waals surface area (Å²) in [5.41, 5.74) is -0.498. The van der Waals surface area contributed by atoms with Crippen LogP contribution in [0.2, 0.25) is 0 Å². The highest BCUT2D eigenvalue weighted by atomic mass is 19.1. The predicted octanol–water partition coefficient (Wildman–Crippen LogP) is 1.49. The highest BCUT2D eigenvalue weighted by Gasteiger charge is 2.33. The van der Waals surface area contributed by atoms with Crippen molar-refractivity contribution in [3.05, 3.63) is 59.7 Å². The number of aromatic nitrogens is 2. The van der Waals surface area contributed by atoms with Crippen LogP contribution in [-0.4, -0.2) is 69.7 Å². The lowest BCUT2D eigenvalue weighted by atomic mass is 10.0. The van der Waals surface area contributed by atoms with E-state index in [1.54, 1.807) is 18.7 Å². The van der Waals surface area contributed by atoms with Crippen molar-refractivity contribution in [1.29, 1.82) is 0 Å². The van der Waals surface area contributed by atoms with Crippen LogP contribution in [0.4, 0.5) is 8.78 Å². The van der Waals surface area contributed by atoms with Gasteiger partial charge < -0.3 is 15.1 Å². The van der Waals surface area contributed by atoms with Crippen LogP contribution in [-0.2, 0) is 4.79 Å². The maximum absolute atomic E-state index is 13.9. The maximum atomic E-state index is 13.9. The molecule has 0 saturated carbocycles. The fourth-order valence-electron chi connectivity index (χ4n) is 3.34. The fraction of sp³-hybridized carbons (Fsp3) is 0.381. The molecule has 0 radical (unpaired) electrons. The van der Waals surface area contributed by atoms with E-state index in [0.717, 1.165) is 18.2 Å². The predicted molar refractivity (Wildman–Crippen MR) is 107 cm³/mol. The Labute approximate surface area is 178 Å². The van der Waals surface area contributed by atoms with Crippen molar-refractivity contribution < 1.29 is 23.2 Å². The molecule has 1 aromatic heterocycles. The molecule has 164 valence electrons. The molecule has 2 heterocycles. The van der Waals surface area contributed by atoms with Crippen LogP contribution in [0.15, 0.2) is 36.8 Å². The summed E-state index contributed by atoms with van der Waals surface area (Å²) in [6.07, 6.45) is 4.29. The van der Waals surface area contributed by atoms with Gasteiger partial charge in [-0.1, -0.05) is 19.9 Å². The van der Waals surface area contributed by atoms with Gasteiger partial charge in [0.25, 0.3) is 11.8 Å². The zero-order valence-corrected chi connectivity index (χ0v) is 17.2. The normalized spacial score (nSPS) is 15.0. The van der Waals surface area contributed by atoms with E-state index in [1.165, 1.54) is 23.5 Å². The maximum Gasteiger partial charge on any atom is 0.274 e. The van der Waals surface area contributed by atoms with Gasteiger partial charge in [-0.15, -0.1) is 0 Å². The van der Waals surface area contributed by atoms with Crippen LogP contribution in [0, 0.1) is 17.6 Å². The Morgan fingerprint density at radius 3 is 2.16 bits per heavy atom. The zero-order chi connectivity index (χ0) is 22.5. The molecule has 1 saturated heterocycles. The molecule has 1 atom stereocenters. The molecular formula is C21H23F2N5O3. The third kappa shape index (κ3) is 5.01. The van der Waals surface area contributed by atoms with E-state index in [2.05, 4.69) is 15.3 Å². The second kappa shape index (κ2) is 9.59. The first-order valence-corrected chi connectivity index (χ1v) is 9.88. The average molecular weight is 431 g/mol. The first kappa shape index (κ1) is 22.3. The molecule has 0 bridgehead atoms. The van der Waals surface area contributed by atoms with E-state index >= 15 is 0 Å². The molecule has 1 aliphatic heterocycles. The van der Waals surface area contributed by atoms with E-state index < -0.39 is 29.1 Å². The monoisotopic (exact) mass is 431 g/mol. The summed E-state index contributed by atoms with van der Waals surface area (Å²) >= 11 is 0. The quantitative estimate of drug-likeness (QED) is 0.774. The summed E-state index contributed by atoms with van der Waals surface area (Å²) in [6.45, 7) is 4.57. The average Bonchev–Trinajstić information content (AvgIpc) is 2.77. The molecule has 31 heavy (non-hydrogen) atoms. The minimum absolute atomic E-state index is 0.224. The molecule has 0 aliphatic carbocycles. The molecule has 2 aromatic rings. The Balaban J connectivity index is 1.65. The molecule has 0 spiro atoms. The standard InChI is InChI=1S/C21H23F2N5O3/c1-13(2)18(26-19(29)17-14(22)4-3-5-15(17)23)21(31)28-10-8-27(9-11-28)20(30)16-12-24-6-7-25-16/h3-7,12-13,18H,8-11H2,1-2H3,(H,26,29)/t18-/m0/s1. The largest absolute Gasteiger partial charge is 0.340 e. The number of benzene rings is 1. The number of amides is 3. The minimum Gasteiger partial charge on any atom is -0.340 e. The van der Waals surface area contributed by atoms with E-state index in [4.69, 9.17) is 0 Å². The Morgan fingerprint density at radius 2 is 1.61 bits per heavy atom. The molecule has 0 unspecified atom stereocenters. The first-order valence-electron chi connectivity index (χ1n) is 9.88. The summed E-state index contributed by atoms with van der Waals surface area (Å²) in [7, 11) is 0. The van der Waals surface area contributed by atoms with Crippen LogP contribution >= 0.6 is 0 Å². The van der Waals surface area contributed by atoms with Gasteiger partial charge in [-0.25, -0.2) is 13.8 Å². The fourth-order valence-corrected chi connectivity index (χ4v) is 3.34. The highest BCUT2D eigenvalue weighted by molar-refractivity contribution is 5.98. The number of carbonyl (C=O) groups is 3. The van der Waals surface area contributed by atoms with Gasteiger partial charge in [-0.05, 0) is 18.1 Å². The Hall–Kier alpha value is -3.43. The first-order chi connectivity index (χ1) is 14.8. The molecule has 1 N–H and O–H groups in total. The Morgan fingerprint density at radius 1 is 1.00 bits per heavy atom. The Kier molecular flexibility index (Phi) is 6.88. The van der Waals surface area contributed by atoms with Crippen molar-refractivity contribution in [2.75, 3.05) is 26.2 Å². The van der Waals surface area contributed by atoms with Crippen LogP contribution in [0.1, 0.15) is 34.7 Å². The second-order valence-electron chi connectivity index (χ2n) is 7.50. The molecule has 3 amide bonds. The number of carbonyl (C=O) groups excluding carboxylic acids is 3. The van der Waals surface area contributed by atoms with Crippen LogP contribution < -0.4 is 5.32 Å². The van der Waals surface area contributed by atoms with E-state index in [-0.39, 0.29) is 36.5 Å². The number of nitrogens with zero attached hydrogens (tertiary/aromatic N) is 4. The number of hydrogen-bond acceptors (Lipinski definition) is 5. The molecule has 1 aromatic carbocycles. The van der Waals surface area contributed by atoms with Crippen LogP contribution in [0.25, 0.3) is 0 Å². The summed E-state index contributed by atoms with van der Waals surface area (Å²) in [5.74, 6) is -3.94. The van der Waals surface area contributed by atoms with Crippen molar-refractivity contribution in [2.24, 2.45) is 5.92 Å². The van der Waals surface area contributed by atoms with Crippen molar-refractivity contribution >= 4 is 17.7 Å². The summed E-state index contributed by atoms with van der Waals surface area (Å²) in [6, 6.07) is 2.16. The number of nitrogens with one attached hydrogen (secondary N) is 1. The summed E-state index contributed by atoms with van der Waals surface area (Å²) < 4.78 is 27.8. The third-order valence-corrected chi connectivity index (χ3v) is 5.07. The number of piperazine rings is 1. The lowest BCUT2D eigenvalue weighted by Crippen LogP contribution is -2.57. The van der Waals surface area contributed by atoms with E-state index in [9.17, 15) is 23.2 Å². The van der Waals surface area contributed by atoms with Crippen LogP contribution in [0.3, 0.4) is 0 Å². The lowest BCUT2D eigenvalue weighted by Gasteiger charge is -2.37. The van der Waals surface area contributed by atoms with Gasteiger partial charge in [0.1, 0.15) is 28.9 Å². The van der Waals surface area contributed by atoms with Gasteiger partial charge in [-0.2, -0.15) is 0 Å². The molecule has 10 heteroatoms. The number of rotatable bonds is 5. The number of hydrogen-bond donors (Lipinski definition) is 1. The van der Waals surface area contributed by atoms with Crippen molar-refractivity contribution in [3.63, 3.8) is 0 Å². The number of halogens is 2. The van der Waals surface area contributed by atoms with Gasteiger partial charge >= 0.3 is 0 Å². The van der Waals surface area contributed by atoms with Gasteiger partial charge in [0.15, 0.2) is 0 Å². The third-order valence-electron chi connectivity index (χ3n) is 5.07. The van der Waals surface area contributed by atoms with E-state index in [0.29, 0.717) is 13.1 Å². The SMILES string of the molecule is CC(C)[C@H](NC(=O)c1c(F)cccc1F)C(=O)N1CCN(C(=O)c2cnccn2)CC1. The smallest absolute Gasteiger partial charge is 0.274 e. The highest BCUT2D eigenvalue weighted by Crippen LogP contribution is 2.15.